The normalized spacial score (nSPS) is 21.2. The van der Waals surface area contributed by atoms with Gasteiger partial charge in [0.25, 0.3) is 12.3 Å². The average molecular weight is 540 g/mol. The lowest BCUT2D eigenvalue weighted by atomic mass is 9.82. The first-order valence-corrected chi connectivity index (χ1v) is 13.7. The highest BCUT2D eigenvalue weighted by Gasteiger charge is 2.31. The number of carbonyl (C=O) groups excluding carboxylic acids is 2. The Labute approximate surface area is 226 Å². The SMILES string of the molecule is CCC(=O)N[C@@H]1CC[C@H](NC(=O)c2c(C)[nH]c3c(-c4cc(C(F)F)ccc4OCC4CC4)ncnc23)[C@H](C)C1. The van der Waals surface area contributed by atoms with E-state index in [2.05, 4.69) is 32.5 Å². The average Bonchev–Trinajstić information content (AvgIpc) is 3.68. The number of benzene rings is 1. The van der Waals surface area contributed by atoms with Gasteiger partial charge in [-0.15, -0.1) is 0 Å². The lowest BCUT2D eigenvalue weighted by molar-refractivity contribution is -0.121. The highest BCUT2D eigenvalue weighted by atomic mass is 19.3. The van der Waals surface area contributed by atoms with Crippen LogP contribution >= 0.6 is 0 Å². The molecule has 2 heterocycles. The fraction of sp³-hybridized carbons (Fsp3) is 0.517. The fourth-order valence-electron chi connectivity index (χ4n) is 5.40. The molecule has 5 rings (SSSR count). The molecule has 3 atom stereocenters. The van der Waals surface area contributed by atoms with Crippen LogP contribution in [0, 0.1) is 18.8 Å². The number of ether oxygens (including phenoxy) is 1. The monoisotopic (exact) mass is 539 g/mol. The number of aromatic amines is 1. The number of halogens is 2. The van der Waals surface area contributed by atoms with Crippen LogP contribution in [0.15, 0.2) is 24.5 Å². The fourth-order valence-corrected chi connectivity index (χ4v) is 5.40. The number of fused-ring (bicyclic) bond motifs is 1. The van der Waals surface area contributed by atoms with Gasteiger partial charge in [-0.3, -0.25) is 9.59 Å². The van der Waals surface area contributed by atoms with E-state index in [0.29, 0.717) is 58.2 Å². The van der Waals surface area contributed by atoms with Crippen LogP contribution in [0.2, 0.25) is 0 Å². The number of nitrogens with zero attached hydrogens (tertiary/aromatic N) is 2. The van der Waals surface area contributed by atoms with Crippen molar-refractivity contribution >= 4 is 22.8 Å². The molecule has 2 aliphatic carbocycles. The molecule has 10 heteroatoms. The first kappa shape index (κ1) is 27.0. The number of amides is 2. The van der Waals surface area contributed by atoms with E-state index >= 15 is 0 Å². The van der Waals surface area contributed by atoms with E-state index in [1.807, 2.05) is 6.92 Å². The molecule has 0 spiro atoms. The Bertz CT molecular complexity index is 1370. The number of hydrogen-bond acceptors (Lipinski definition) is 5. The number of alkyl halides is 2. The predicted octanol–water partition coefficient (Wildman–Crippen LogP) is 5.47. The molecule has 0 radical (unpaired) electrons. The van der Waals surface area contributed by atoms with Crippen LogP contribution in [0.1, 0.15) is 80.4 Å². The summed E-state index contributed by atoms with van der Waals surface area (Å²) in [7, 11) is 0. The first-order valence-electron chi connectivity index (χ1n) is 13.7. The van der Waals surface area contributed by atoms with E-state index < -0.39 is 6.43 Å². The number of rotatable bonds is 9. The Kier molecular flexibility index (Phi) is 7.81. The van der Waals surface area contributed by atoms with Gasteiger partial charge >= 0.3 is 0 Å². The number of carbonyl (C=O) groups is 2. The summed E-state index contributed by atoms with van der Waals surface area (Å²) in [4.78, 5) is 37.4. The van der Waals surface area contributed by atoms with Crippen LogP contribution in [0.5, 0.6) is 5.75 Å². The maximum atomic E-state index is 13.6. The highest BCUT2D eigenvalue weighted by molar-refractivity contribution is 6.09. The third-order valence-electron chi connectivity index (χ3n) is 7.85. The minimum absolute atomic E-state index is 0.0388. The van der Waals surface area contributed by atoms with Gasteiger partial charge in [-0.1, -0.05) is 13.8 Å². The Balaban J connectivity index is 1.42. The molecule has 39 heavy (non-hydrogen) atoms. The van der Waals surface area contributed by atoms with Gasteiger partial charge in [-0.2, -0.15) is 0 Å². The topological polar surface area (TPSA) is 109 Å². The van der Waals surface area contributed by atoms with Crippen LogP contribution < -0.4 is 15.4 Å². The molecular weight excluding hydrogens is 504 g/mol. The molecule has 8 nitrogen and oxygen atoms in total. The second kappa shape index (κ2) is 11.3. The largest absolute Gasteiger partial charge is 0.493 e. The molecule has 2 aliphatic rings. The zero-order valence-electron chi connectivity index (χ0n) is 22.5. The number of aromatic nitrogens is 3. The zero-order chi connectivity index (χ0) is 27.7. The minimum Gasteiger partial charge on any atom is -0.493 e. The van der Waals surface area contributed by atoms with E-state index in [9.17, 15) is 18.4 Å². The van der Waals surface area contributed by atoms with Gasteiger partial charge in [0.05, 0.1) is 17.7 Å². The molecule has 2 fully saturated rings. The van der Waals surface area contributed by atoms with Gasteiger partial charge in [-0.05, 0) is 69.1 Å². The van der Waals surface area contributed by atoms with Crippen LogP contribution in [-0.4, -0.2) is 45.5 Å². The lowest BCUT2D eigenvalue weighted by Crippen LogP contribution is -2.48. The molecule has 0 bridgehead atoms. The smallest absolute Gasteiger partial charge is 0.263 e. The Hall–Kier alpha value is -3.56. The molecular formula is C29H35F2N5O3. The van der Waals surface area contributed by atoms with Crippen molar-refractivity contribution in [3.8, 4) is 17.0 Å². The molecule has 2 aromatic heterocycles. The maximum absolute atomic E-state index is 13.6. The van der Waals surface area contributed by atoms with Crippen LogP contribution in [-0.2, 0) is 4.79 Å². The number of H-pyrrole nitrogens is 1. The predicted molar refractivity (Wildman–Crippen MR) is 144 cm³/mol. The van der Waals surface area contributed by atoms with Crippen molar-refractivity contribution in [2.75, 3.05) is 6.61 Å². The standard InChI is InChI=1S/C29H35F2N5O3/c1-4-23(37)35-19-8-9-21(15(2)11-19)36-29(38)24-16(3)34-27-25(32-14-33-26(24)27)20-12-18(28(30)31)7-10-22(20)39-13-17-5-6-17/h7,10,12,14-15,17,19,21,28,34H,4-6,8-9,11,13H2,1-3H3,(H,35,37)(H,36,38)/t15-,19-,21+/m1/s1. The van der Waals surface area contributed by atoms with Crippen molar-refractivity contribution in [2.45, 2.75) is 77.8 Å². The summed E-state index contributed by atoms with van der Waals surface area (Å²) in [5, 5.41) is 6.23. The van der Waals surface area contributed by atoms with Crippen molar-refractivity contribution in [1.29, 1.82) is 0 Å². The maximum Gasteiger partial charge on any atom is 0.263 e. The summed E-state index contributed by atoms with van der Waals surface area (Å²) in [6.07, 6.45) is 3.71. The van der Waals surface area contributed by atoms with Crippen LogP contribution in [0.25, 0.3) is 22.3 Å². The van der Waals surface area contributed by atoms with Crippen molar-refractivity contribution in [2.24, 2.45) is 11.8 Å². The second-order valence-electron chi connectivity index (χ2n) is 10.9. The van der Waals surface area contributed by atoms with Crippen molar-refractivity contribution in [3.63, 3.8) is 0 Å². The summed E-state index contributed by atoms with van der Waals surface area (Å²) in [5.74, 6) is 0.943. The van der Waals surface area contributed by atoms with Crippen LogP contribution in [0.4, 0.5) is 8.78 Å². The summed E-state index contributed by atoms with van der Waals surface area (Å²) < 4.78 is 33.2. The summed E-state index contributed by atoms with van der Waals surface area (Å²) in [6, 6.07) is 4.42. The first-order chi connectivity index (χ1) is 18.7. The summed E-state index contributed by atoms with van der Waals surface area (Å²) in [5.41, 5.74) is 2.69. The molecule has 1 aromatic carbocycles. The van der Waals surface area contributed by atoms with Gasteiger partial charge in [0.1, 0.15) is 23.3 Å². The third-order valence-corrected chi connectivity index (χ3v) is 7.85. The molecule has 2 saturated carbocycles. The van der Waals surface area contributed by atoms with Gasteiger partial charge in [-0.25, -0.2) is 18.7 Å². The highest BCUT2D eigenvalue weighted by Crippen LogP contribution is 2.38. The Morgan fingerprint density at radius 2 is 1.95 bits per heavy atom. The van der Waals surface area contributed by atoms with E-state index in [1.54, 1.807) is 13.0 Å². The molecule has 3 aromatic rings. The molecule has 0 saturated heterocycles. The molecule has 0 aliphatic heterocycles. The Morgan fingerprint density at radius 3 is 2.64 bits per heavy atom. The van der Waals surface area contributed by atoms with Gasteiger partial charge in [0.15, 0.2) is 0 Å². The number of nitrogens with one attached hydrogen (secondary N) is 3. The quantitative estimate of drug-likeness (QED) is 0.334. The lowest BCUT2D eigenvalue weighted by Gasteiger charge is -2.35. The minimum atomic E-state index is -2.64. The number of hydrogen-bond donors (Lipinski definition) is 3. The number of aryl methyl sites for hydroxylation is 1. The molecule has 3 N–H and O–H groups in total. The Morgan fingerprint density at radius 1 is 1.15 bits per heavy atom. The third kappa shape index (κ3) is 5.89. The zero-order valence-corrected chi connectivity index (χ0v) is 22.5. The van der Waals surface area contributed by atoms with Gasteiger partial charge in [0, 0.05) is 35.3 Å². The van der Waals surface area contributed by atoms with Crippen molar-refractivity contribution in [1.82, 2.24) is 25.6 Å². The van der Waals surface area contributed by atoms with Gasteiger partial charge < -0.3 is 20.4 Å². The summed E-state index contributed by atoms with van der Waals surface area (Å²) in [6.45, 7) is 6.23. The van der Waals surface area contributed by atoms with E-state index in [0.717, 1.165) is 32.1 Å². The van der Waals surface area contributed by atoms with Crippen LogP contribution in [0.3, 0.4) is 0 Å². The van der Waals surface area contributed by atoms with Gasteiger partial charge in [0.2, 0.25) is 5.91 Å². The van der Waals surface area contributed by atoms with E-state index in [-0.39, 0.29) is 35.4 Å². The summed E-state index contributed by atoms with van der Waals surface area (Å²) >= 11 is 0. The van der Waals surface area contributed by atoms with E-state index in [4.69, 9.17) is 4.74 Å². The van der Waals surface area contributed by atoms with Crippen molar-refractivity contribution in [3.05, 3.63) is 41.3 Å². The molecule has 208 valence electrons. The van der Waals surface area contributed by atoms with E-state index in [1.165, 1.54) is 18.5 Å². The molecule has 2 amide bonds. The second-order valence-corrected chi connectivity index (χ2v) is 10.9. The molecule has 0 unspecified atom stereocenters. The van der Waals surface area contributed by atoms with Crippen molar-refractivity contribution < 1.29 is 23.1 Å².